The average Bonchev–Trinajstić information content (AvgIpc) is 2.44. The Bertz CT molecular complexity index is 456. The minimum absolute atomic E-state index is 0.582. The number of rotatable bonds is 1. The van der Waals surface area contributed by atoms with E-state index in [2.05, 4.69) is 18.3 Å². The number of hydrogen-bond acceptors (Lipinski definition) is 3. The molecule has 3 nitrogen and oxygen atoms in total. The van der Waals surface area contributed by atoms with Gasteiger partial charge >= 0.3 is 0 Å². The van der Waals surface area contributed by atoms with E-state index in [1.54, 1.807) is 0 Å². The van der Waals surface area contributed by atoms with Gasteiger partial charge in [-0.15, -0.1) is 0 Å². The molecule has 2 aliphatic heterocycles. The largest absolute Gasteiger partial charge is 0.486 e. The fourth-order valence-corrected chi connectivity index (χ4v) is 3.07. The van der Waals surface area contributed by atoms with Crippen molar-refractivity contribution < 1.29 is 9.47 Å². The Morgan fingerprint density at radius 2 is 1.94 bits per heavy atom. The van der Waals surface area contributed by atoms with Crippen LogP contribution in [0.4, 0.5) is 0 Å². The van der Waals surface area contributed by atoms with Crippen LogP contribution in [0.25, 0.3) is 0 Å². The van der Waals surface area contributed by atoms with Gasteiger partial charge in [0.05, 0.1) is 5.02 Å². The summed E-state index contributed by atoms with van der Waals surface area (Å²) in [6, 6.07) is 2.13. The van der Waals surface area contributed by atoms with Gasteiger partial charge in [-0.25, -0.2) is 0 Å². The predicted octanol–water partition coefficient (Wildman–Crippen LogP) is 2.89. The average molecular weight is 268 g/mol. The van der Waals surface area contributed by atoms with E-state index >= 15 is 0 Å². The number of hydrogen-bond donors (Lipinski definition) is 1. The van der Waals surface area contributed by atoms with Gasteiger partial charge in [0, 0.05) is 0 Å². The van der Waals surface area contributed by atoms with Crippen molar-refractivity contribution >= 4 is 11.6 Å². The Kier molecular flexibility index (Phi) is 3.35. The van der Waals surface area contributed by atoms with E-state index in [1.807, 2.05) is 0 Å². The third kappa shape index (κ3) is 2.06. The van der Waals surface area contributed by atoms with Gasteiger partial charge in [0.25, 0.3) is 0 Å². The molecule has 0 amide bonds. The van der Waals surface area contributed by atoms with E-state index < -0.39 is 0 Å². The van der Waals surface area contributed by atoms with Crippen molar-refractivity contribution in [2.24, 2.45) is 0 Å². The van der Waals surface area contributed by atoms with Crippen LogP contribution in [0.2, 0.25) is 5.02 Å². The zero-order valence-electron chi connectivity index (χ0n) is 10.6. The summed E-state index contributed by atoms with van der Waals surface area (Å²) in [6.45, 7) is 5.43. The maximum atomic E-state index is 6.41. The lowest BCUT2D eigenvalue weighted by Crippen LogP contribution is -2.27. The van der Waals surface area contributed by atoms with E-state index in [4.69, 9.17) is 21.1 Å². The molecule has 4 heteroatoms. The third-order valence-corrected chi connectivity index (χ3v) is 4.29. The fourth-order valence-electron chi connectivity index (χ4n) is 2.81. The maximum Gasteiger partial charge on any atom is 0.180 e. The molecule has 1 fully saturated rings. The lowest BCUT2D eigenvalue weighted by atomic mass is 9.87. The van der Waals surface area contributed by atoms with Crippen LogP contribution < -0.4 is 14.8 Å². The topological polar surface area (TPSA) is 30.5 Å². The summed E-state index contributed by atoms with van der Waals surface area (Å²) >= 11 is 6.41. The number of benzene rings is 1. The highest BCUT2D eigenvalue weighted by Gasteiger charge is 2.24. The minimum atomic E-state index is 0.582. The Morgan fingerprint density at radius 1 is 1.22 bits per heavy atom. The van der Waals surface area contributed by atoms with E-state index in [1.165, 1.54) is 5.56 Å². The lowest BCUT2D eigenvalue weighted by Gasteiger charge is -2.28. The first kappa shape index (κ1) is 12.1. The number of ether oxygens (including phenoxy) is 2. The van der Waals surface area contributed by atoms with Crippen molar-refractivity contribution in [2.45, 2.75) is 25.7 Å². The Labute approximate surface area is 112 Å². The van der Waals surface area contributed by atoms with Gasteiger partial charge in [-0.05, 0) is 56.0 Å². The molecule has 1 saturated heterocycles. The van der Waals surface area contributed by atoms with Gasteiger partial charge in [0.15, 0.2) is 11.5 Å². The molecule has 1 aromatic rings. The van der Waals surface area contributed by atoms with Crippen LogP contribution in [0.15, 0.2) is 6.07 Å². The van der Waals surface area contributed by atoms with E-state index in [0.29, 0.717) is 19.1 Å². The molecular formula is C14H18ClNO2. The van der Waals surface area contributed by atoms with Crippen molar-refractivity contribution in [1.29, 1.82) is 0 Å². The highest BCUT2D eigenvalue weighted by atomic mass is 35.5. The molecule has 0 aliphatic carbocycles. The molecule has 0 spiro atoms. The van der Waals surface area contributed by atoms with Crippen molar-refractivity contribution in [2.75, 3.05) is 26.3 Å². The van der Waals surface area contributed by atoms with Crippen molar-refractivity contribution in [3.05, 3.63) is 22.2 Å². The summed E-state index contributed by atoms with van der Waals surface area (Å²) in [5.74, 6) is 2.11. The number of nitrogens with one attached hydrogen (secondary N) is 1. The van der Waals surface area contributed by atoms with Crippen LogP contribution in [-0.2, 0) is 0 Å². The van der Waals surface area contributed by atoms with Crippen molar-refractivity contribution in [1.82, 2.24) is 5.32 Å². The maximum absolute atomic E-state index is 6.41. The fraction of sp³-hybridized carbons (Fsp3) is 0.571. The molecule has 18 heavy (non-hydrogen) atoms. The Hall–Kier alpha value is -0.930. The molecule has 2 heterocycles. The van der Waals surface area contributed by atoms with Gasteiger partial charge in [0.2, 0.25) is 0 Å². The molecule has 2 aliphatic rings. The first-order chi connectivity index (χ1) is 8.77. The van der Waals surface area contributed by atoms with E-state index in [0.717, 1.165) is 48.0 Å². The van der Waals surface area contributed by atoms with Gasteiger partial charge in [-0.2, -0.15) is 0 Å². The first-order valence-electron chi connectivity index (χ1n) is 6.56. The van der Waals surface area contributed by atoms with Crippen molar-refractivity contribution in [3.8, 4) is 11.5 Å². The summed E-state index contributed by atoms with van der Waals surface area (Å²) in [4.78, 5) is 0. The number of halogens is 1. The quantitative estimate of drug-likeness (QED) is 0.849. The highest BCUT2D eigenvalue weighted by molar-refractivity contribution is 6.33. The third-order valence-electron chi connectivity index (χ3n) is 3.84. The Balaban J connectivity index is 2.01. The lowest BCUT2D eigenvalue weighted by molar-refractivity contribution is 0.171. The molecule has 0 saturated carbocycles. The molecule has 98 valence electrons. The molecule has 0 unspecified atom stereocenters. The normalized spacial score (nSPS) is 19.9. The molecule has 3 rings (SSSR count). The number of piperidine rings is 1. The highest BCUT2D eigenvalue weighted by Crippen LogP contribution is 2.44. The predicted molar refractivity (Wildman–Crippen MR) is 72.0 cm³/mol. The van der Waals surface area contributed by atoms with Crippen LogP contribution in [0.5, 0.6) is 11.5 Å². The molecule has 0 atom stereocenters. The standard InChI is InChI=1S/C14H18ClNO2/c1-9-11(10-2-4-16-5-3-10)8-12-14(13(9)15)18-7-6-17-12/h8,10,16H,2-7H2,1H3. The summed E-state index contributed by atoms with van der Waals surface area (Å²) < 4.78 is 11.3. The SMILES string of the molecule is Cc1c(C2CCNCC2)cc2c(c1Cl)OCCO2. The van der Waals surface area contributed by atoms with Gasteiger partial charge in [0.1, 0.15) is 13.2 Å². The monoisotopic (exact) mass is 267 g/mol. The minimum Gasteiger partial charge on any atom is -0.486 e. The van der Waals surface area contributed by atoms with E-state index in [9.17, 15) is 0 Å². The zero-order valence-corrected chi connectivity index (χ0v) is 11.3. The summed E-state index contributed by atoms with van der Waals surface area (Å²) in [5, 5.41) is 4.11. The van der Waals surface area contributed by atoms with Crippen LogP contribution in [0, 0.1) is 6.92 Å². The second-order valence-electron chi connectivity index (χ2n) is 4.95. The number of fused-ring (bicyclic) bond motifs is 1. The molecular weight excluding hydrogens is 250 g/mol. The first-order valence-corrected chi connectivity index (χ1v) is 6.94. The van der Waals surface area contributed by atoms with Crippen LogP contribution in [0.1, 0.15) is 29.9 Å². The van der Waals surface area contributed by atoms with Gasteiger partial charge < -0.3 is 14.8 Å². The van der Waals surface area contributed by atoms with Gasteiger partial charge in [-0.1, -0.05) is 11.6 Å². The van der Waals surface area contributed by atoms with Crippen LogP contribution in [-0.4, -0.2) is 26.3 Å². The van der Waals surface area contributed by atoms with E-state index in [-0.39, 0.29) is 0 Å². The second-order valence-corrected chi connectivity index (χ2v) is 5.33. The zero-order chi connectivity index (χ0) is 12.5. The molecule has 0 bridgehead atoms. The summed E-state index contributed by atoms with van der Waals surface area (Å²) in [7, 11) is 0. The smallest absolute Gasteiger partial charge is 0.180 e. The molecule has 0 aromatic heterocycles. The Morgan fingerprint density at radius 3 is 2.72 bits per heavy atom. The molecule has 0 radical (unpaired) electrons. The van der Waals surface area contributed by atoms with Crippen molar-refractivity contribution in [3.63, 3.8) is 0 Å². The second kappa shape index (κ2) is 4.98. The van der Waals surface area contributed by atoms with Crippen LogP contribution in [0.3, 0.4) is 0 Å². The summed E-state index contributed by atoms with van der Waals surface area (Å²) in [5.41, 5.74) is 2.47. The van der Waals surface area contributed by atoms with Gasteiger partial charge in [-0.3, -0.25) is 0 Å². The van der Waals surface area contributed by atoms with Crippen LogP contribution >= 0.6 is 11.6 Å². The molecule has 1 aromatic carbocycles. The summed E-state index contributed by atoms with van der Waals surface area (Å²) in [6.07, 6.45) is 2.33. The molecule has 1 N–H and O–H groups in total.